The van der Waals surface area contributed by atoms with Crippen LogP contribution in [0.4, 0.5) is 17.2 Å². The number of hydrogen-bond donors (Lipinski definition) is 3. The molecule has 0 saturated carbocycles. The molecule has 1 aromatic heterocycles. The number of carbonyl (C=O) groups excluding carboxylic acids is 1. The van der Waals surface area contributed by atoms with Crippen LogP contribution < -0.4 is 10.6 Å². The van der Waals surface area contributed by atoms with Gasteiger partial charge in [0.15, 0.2) is 5.82 Å². The topological polar surface area (TPSA) is 104 Å². The Labute approximate surface area is 203 Å². The summed E-state index contributed by atoms with van der Waals surface area (Å²) in [6.45, 7) is 0. The van der Waals surface area contributed by atoms with E-state index >= 15 is 0 Å². The number of carbonyl (C=O) groups is 2. The quantitative estimate of drug-likeness (QED) is 0.193. The number of carboxylic acids is 1. The molecule has 4 rings (SSSR count). The summed E-state index contributed by atoms with van der Waals surface area (Å²) in [5.74, 6) is 0.0634. The largest absolute Gasteiger partial charge is 0.481 e. The van der Waals surface area contributed by atoms with Crippen molar-refractivity contribution in [1.29, 1.82) is 0 Å². The van der Waals surface area contributed by atoms with Crippen LogP contribution in [0.3, 0.4) is 0 Å². The van der Waals surface area contributed by atoms with E-state index in [9.17, 15) is 9.59 Å². The van der Waals surface area contributed by atoms with Crippen LogP contribution in [0.15, 0.2) is 52.4 Å². The summed E-state index contributed by atoms with van der Waals surface area (Å²) in [4.78, 5) is 33.5. The van der Waals surface area contributed by atoms with Crippen molar-refractivity contribution in [2.24, 2.45) is 0 Å². The smallest absolute Gasteiger partial charge is 0.303 e. The van der Waals surface area contributed by atoms with Gasteiger partial charge < -0.3 is 15.7 Å². The molecule has 0 fully saturated rings. The number of para-hydroxylation sites is 1. The van der Waals surface area contributed by atoms with Crippen LogP contribution in [0.5, 0.6) is 0 Å². The first-order chi connectivity index (χ1) is 16.6. The number of benzene rings is 2. The van der Waals surface area contributed by atoms with E-state index in [1.807, 2.05) is 36.4 Å². The number of unbranched alkanes of at least 4 members (excludes halogenated alkanes) is 7. The Bertz CT molecular complexity index is 1170. The predicted octanol–water partition coefficient (Wildman–Crippen LogP) is 6.76. The Morgan fingerprint density at radius 3 is 2.32 bits per heavy atom. The average Bonchev–Trinajstić information content (AvgIpc) is 2.82. The third-order valence-corrected chi connectivity index (χ3v) is 6.86. The lowest BCUT2D eigenvalue weighted by Gasteiger charge is -2.19. The van der Waals surface area contributed by atoms with Crippen molar-refractivity contribution in [3.63, 3.8) is 0 Å². The van der Waals surface area contributed by atoms with Crippen molar-refractivity contribution in [2.45, 2.75) is 74.1 Å². The predicted molar refractivity (Wildman–Crippen MR) is 136 cm³/mol. The van der Waals surface area contributed by atoms with Gasteiger partial charge in [-0.3, -0.25) is 9.59 Å². The van der Waals surface area contributed by atoms with Crippen LogP contribution in [0.25, 0.3) is 11.0 Å². The summed E-state index contributed by atoms with van der Waals surface area (Å²) in [5, 5.41) is 15.8. The second kappa shape index (κ2) is 11.8. The number of aliphatic carboxylic acids is 1. The standard InChI is InChI=1S/C26H30N4O3S/c31-23(13-7-5-3-1-2-4-6-8-14-24(32)33)27-18-15-16-19-21(17-18)30-26-25(28-19)29-20-11-9-10-12-22(20)34-26/h9-12,15-17H,1-8,13-14H2,(H,27,31)(H,28,29)(H,32,33). The minimum absolute atomic E-state index is 0.0175. The van der Waals surface area contributed by atoms with E-state index in [2.05, 4.69) is 16.7 Å². The van der Waals surface area contributed by atoms with Gasteiger partial charge in [-0.05, 0) is 43.2 Å². The number of nitrogens with one attached hydrogen (secondary N) is 2. The summed E-state index contributed by atoms with van der Waals surface area (Å²) in [6.07, 6.45) is 8.89. The zero-order valence-electron chi connectivity index (χ0n) is 19.2. The minimum atomic E-state index is -0.712. The van der Waals surface area contributed by atoms with E-state index in [0.29, 0.717) is 6.42 Å². The number of hydrogen-bond acceptors (Lipinski definition) is 6. The van der Waals surface area contributed by atoms with Crippen LogP contribution in [-0.4, -0.2) is 27.0 Å². The molecule has 178 valence electrons. The molecule has 34 heavy (non-hydrogen) atoms. The van der Waals surface area contributed by atoms with Crippen molar-refractivity contribution in [3.05, 3.63) is 42.5 Å². The zero-order chi connectivity index (χ0) is 23.8. The van der Waals surface area contributed by atoms with Gasteiger partial charge in [-0.2, -0.15) is 0 Å². The Hall–Kier alpha value is -3.13. The molecule has 3 N–H and O–H groups in total. The molecule has 1 amide bonds. The number of anilines is 3. The summed E-state index contributed by atoms with van der Waals surface area (Å²) in [6, 6.07) is 13.7. The van der Waals surface area contributed by atoms with Gasteiger partial charge in [0.2, 0.25) is 5.91 Å². The fourth-order valence-corrected chi connectivity index (χ4v) is 4.93. The molecular weight excluding hydrogens is 448 g/mol. The highest BCUT2D eigenvalue weighted by Crippen LogP contribution is 2.42. The molecule has 2 heterocycles. The van der Waals surface area contributed by atoms with E-state index in [-0.39, 0.29) is 12.3 Å². The number of rotatable bonds is 12. The minimum Gasteiger partial charge on any atom is -0.481 e. The molecule has 0 aliphatic carbocycles. The number of amides is 1. The van der Waals surface area contributed by atoms with Gasteiger partial charge >= 0.3 is 5.97 Å². The maximum absolute atomic E-state index is 12.4. The summed E-state index contributed by atoms with van der Waals surface area (Å²) >= 11 is 1.59. The van der Waals surface area contributed by atoms with Gasteiger partial charge in [-0.1, -0.05) is 62.4 Å². The van der Waals surface area contributed by atoms with Crippen molar-refractivity contribution in [1.82, 2.24) is 9.97 Å². The molecule has 3 aromatic rings. The monoisotopic (exact) mass is 478 g/mol. The Morgan fingerprint density at radius 1 is 0.853 bits per heavy atom. The number of aromatic nitrogens is 2. The van der Waals surface area contributed by atoms with E-state index in [1.54, 1.807) is 11.8 Å². The van der Waals surface area contributed by atoms with Gasteiger partial charge in [0.1, 0.15) is 5.03 Å². The molecule has 0 radical (unpaired) electrons. The van der Waals surface area contributed by atoms with Gasteiger partial charge in [0.25, 0.3) is 0 Å². The van der Waals surface area contributed by atoms with Crippen molar-refractivity contribution >= 4 is 51.9 Å². The van der Waals surface area contributed by atoms with Crippen LogP contribution >= 0.6 is 11.8 Å². The van der Waals surface area contributed by atoms with Gasteiger partial charge in [0, 0.05) is 23.4 Å². The average molecular weight is 479 g/mol. The number of nitrogens with zero attached hydrogens (tertiary/aromatic N) is 2. The molecule has 0 bridgehead atoms. The molecule has 1 aliphatic rings. The lowest BCUT2D eigenvalue weighted by Crippen LogP contribution is -2.11. The highest BCUT2D eigenvalue weighted by molar-refractivity contribution is 7.99. The van der Waals surface area contributed by atoms with Crippen LogP contribution in [-0.2, 0) is 9.59 Å². The van der Waals surface area contributed by atoms with Crippen molar-refractivity contribution in [2.75, 3.05) is 10.6 Å². The highest BCUT2D eigenvalue weighted by Gasteiger charge is 2.18. The fourth-order valence-electron chi connectivity index (χ4n) is 4.01. The van der Waals surface area contributed by atoms with Crippen LogP contribution in [0.1, 0.15) is 64.2 Å². The highest BCUT2D eigenvalue weighted by atomic mass is 32.2. The Kier molecular flexibility index (Phi) is 8.36. The van der Waals surface area contributed by atoms with Gasteiger partial charge in [-0.15, -0.1) is 0 Å². The molecule has 0 atom stereocenters. The van der Waals surface area contributed by atoms with E-state index in [0.717, 1.165) is 89.5 Å². The third kappa shape index (κ3) is 6.70. The van der Waals surface area contributed by atoms with Gasteiger partial charge in [-0.25, -0.2) is 9.97 Å². The number of carboxylic acid groups (broad SMARTS) is 1. The SMILES string of the molecule is O=C(O)CCCCCCCCCCC(=O)Nc1ccc2nc3c(nc2c1)Sc1ccccc1N3. The normalized spacial score (nSPS) is 12.0. The molecular formula is C26H30N4O3S. The molecule has 0 spiro atoms. The van der Waals surface area contributed by atoms with Gasteiger partial charge in [0.05, 0.1) is 16.7 Å². The molecule has 0 saturated heterocycles. The maximum Gasteiger partial charge on any atom is 0.303 e. The Morgan fingerprint density at radius 2 is 1.56 bits per heavy atom. The summed E-state index contributed by atoms with van der Waals surface area (Å²) < 4.78 is 0. The number of fused-ring (bicyclic) bond motifs is 3. The fraction of sp³-hybridized carbons (Fsp3) is 0.385. The second-order valence-corrected chi connectivity index (χ2v) is 9.61. The third-order valence-electron chi connectivity index (χ3n) is 5.81. The summed E-state index contributed by atoms with van der Waals surface area (Å²) in [5.41, 5.74) is 3.32. The van der Waals surface area contributed by atoms with E-state index in [1.165, 1.54) is 0 Å². The first-order valence-electron chi connectivity index (χ1n) is 12.0. The maximum atomic E-state index is 12.4. The second-order valence-electron chi connectivity index (χ2n) is 8.57. The van der Waals surface area contributed by atoms with Crippen molar-refractivity contribution < 1.29 is 14.7 Å². The van der Waals surface area contributed by atoms with Crippen LogP contribution in [0.2, 0.25) is 0 Å². The molecule has 0 unspecified atom stereocenters. The van der Waals surface area contributed by atoms with Crippen LogP contribution in [0, 0.1) is 0 Å². The molecule has 2 aromatic carbocycles. The van der Waals surface area contributed by atoms with E-state index < -0.39 is 5.97 Å². The molecule has 8 heteroatoms. The lowest BCUT2D eigenvalue weighted by molar-refractivity contribution is -0.137. The van der Waals surface area contributed by atoms with Crippen molar-refractivity contribution in [3.8, 4) is 0 Å². The first-order valence-corrected chi connectivity index (χ1v) is 12.8. The molecule has 1 aliphatic heterocycles. The Balaban J connectivity index is 1.20. The molecule has 7 nitrogen and oxygen atoms in total. The lowest BCUT2D eigenvalue weighted by atomic mass is 10.1. The summed E-state index contributed by atoms with van der Waals surface area (Å²) in [7, 11) is 0. The first kappa shape index (κ1) is 24.0. The van der Waals surface area contributed by atoms with E-state index in [4.69, 9.17) is 15.1 Å². The zero-order valence-corrected chi connectivity index (χ0v) is 20.0.